The molecule has 3 rings (SSSR count). The van der Waals surface area contributed by atoms with Gasteiger partial charge < -0.3 is 5.32 Å². The molecule has 19 heavy (non-hydrogen) atoms. The number of hydrogen-bond donors (Lipinski definition) is 1. The third kappa shape index (κ3) is 2.49. The van der Waals surface area contributed by atoms with Gasteiger partial charge in [-0.15, -0.1) is 10.2 Å². The van der Waals surface area contributed by atoms with Gasteiger partial charge in [-0.05, 0) is 30.9 Å². The fourth-order valence-electron chi connectivity index (χ4n) is 2.15. The van der Waals surface area contributed by atoms with Crippen LogP contribution >= 0.6 is 11.3 Å². The van der Waals surface area contributed by atoms with E-state index < -0.39 is 0 Å². The minimum Gasteiger partial charge on any atom is -0.300 e. The minimum absolute atomic E-state index is 0.0183. The molecule has 1 aromatic heterocycles. The van der Waals surface area contributed by atoms with Crippen LogP contribution < -0.4 is 5.32 Å². The number of carbonyl (C=O) groups is 1. The van der Waals surface area contributed by atoms with Crippen LogP contribution in [0.2, 0.25) is 0 Å². The first kappa shape index (κ1) is 12.2. The monoisotopic (exact) mass is 277 g/mol. The van der Waals surface area contributed by atoms with E-state index in [9.17, 15) is 9.18 Å². The van der Waals surface area contributed by atoms with E-state index in [0.717, 1.165) is 5.01 Å². The summed E-state index contributed by atoms with van der Waals surface area (Å²) in [7, 11) is 0. The summed E-state index contributed by atoms with van der Waals surface area (Å²) in [6.07, 6.45) is 0.685. The van der Waals surface area contributed by atoms with Gasteiger partial charge in [-0.2, -0.15) is 0 Å². The van der Waals surface area contributed by atoms with Gasteiger partial charge in [-0.25, -0.2) is 4.39 Å². The van der Waals surface area contributed by atoms with Gasteiger partial charge in [-0.3, -0.25) is 4.79 Å². The lowest BCUT2D eigenvalue weighted by Gasteiger charge is -2.02. The molecule has 0 radical (unpaired) electrons. The second kappa shape index (κ2) is 4.70. The van der Waals surface area contributed by atoms with Crippen molar-refractivity contribution >= 4 is 22.4 Å². The van der Waals surface area contributed by atoms with Crippen molar-refractivity contribution in [1.29, 1.82) is 0 Å². The van der Waals surface area contributed by atoms with E-state index in [2.05, 4.69) is 15.5 Å². The van der Waals surface area contributed by atoms with E-state index in [1.54, 1.807) is 18.2 Å². The van der Waals surface area contributed by atoms with Gasteiger partial charge >= 0.3 is 0 Å². The number of halogens is 1. The number of carbonyl (C=O) groups excluding carboxylic acids is 1. The highest BCUT2D eigenvalue weighted by atomic mass is 32.1. The highest BCUT2D eigenvalue weighted by molar-refractivity contribution is 7.15. The van der Waals surface area contributed by atoms with Crippen LogP contribution in [-0.4, -0.2) is 16.1 Å². The lowest BCUT2D eigenvalue weighted by Crippen LogP contribution is -2.14. The molecule has 1 fully saturated rings. The van der Waals surface area contributed by atoms with Crippen molar-refractivity contribution in [2.45, 2.75) is 19.3 Å². The Morgan fingerprint density at radius 3 is 2.89 bits per heavy atom. The number of aryl methyl sites for hydroxylation is 1. The van der Waals surface area contributed by atoms with Gasteiger partial charge in [0.2, 0.25) is 11.0 Å². The fourth-order valence-corrected chi connectivity index (χ4v) is 2.74. The maximum absolute atomic E-state index is 13.6. The van der Waals surface area contributed by atoms with E-state index in [1.165, 1.54) is 17.4 Å². The van der Waals surface area contributed by atoms with E-state index >= 15 is 0 Å². The average Bonchev–Trinajstić information content (AvgIpc) is 3.08. The molecule has 0 bridgehead atoms. The number of rotatable bonds is 3. The predicted octanol–water partition coefficient (Wildman–Crippen LogP) is 2.73. The Bertz CT molecular complexity index is 628. The molecule has 1 saturated carbocycles. The maximum atomic E-state index is 13.6. The lowest BCUT2D eigenvalue weighted by molar-refractivity contribution is -0.117. The molecule has 0 aliphatic heterocycles. The van der Waals surface area contributed by atoms with Gasteiger partial charge in [0.15, 0.2) is 0 Å². The molecule has 4 nitrogen and oxygen atoms in total. The Hall–Kier alpha value is -1.82. The fraction of sp³-hybridized carbons (Fsp3) is 0.308. The summed E-state index contributed by atoms with van der Waals surface area (Å²) in [5.41, 5.74) is 0.621. The Labute approximate surface area is 113 Å². The predicted molar refractivity (Wildman–Crippen MR) is 70.5 cm³/mol. The highest BCUT2D eigenvalue weighted by Crippen LogP contribution is 2.48. The number of hydrogen-bond acceptors (Lipinski definition) is 4. The molecule has 6 heteroatoms. The molecular weight excluding hydrogens is 265 g/mol. The summed E-state index contributed by atoms with van der Waals surface area (Å²) in [4.78, 5) is 12.0. The zero-order valence-electron chi connectivity index (χ0n) is 10.3. The van der Waals surface area contributed by atoms with Gasteiger partial charge in [0.25, 0.3) is 0 Å². The summed E-state index contributed by atoms with van der Waals surface area (Å²) >= 11 is 1.33. The molecule has 1 amide bonds. The molecular formula is C13H12FN3OS. The van der Waals surface area contributed by atoms with Crippen LogP contribution in [0.1, 0.15) is 22.9 Å². The van der Waals surface area contributed by atoms with E-state index in [4.69, 9.17) is 0 Å². The van der Waals surface area contributed by atoms with Gasteiger partial charge in [0.1, 0.15) is 10.8 Å². The molecule has 1 aliphatic carbocycles. The number of nitrogens with zero attached hydrogens (tertiary/aromatic N) is 2. The van der Waals surface area contributed by atoms with Crippen molar-refractivity contribution in [3.05, 3.63) is 40.7 Å². The third-order valence-electron chi connectivity index (χ3n) is 3.19. The van der Waals surface area contributed by atoms with Gasteiger partial charge in [0.05, 0.1) is 0 Å². The number of nitrogens with one attached hydrogen (secondary N) is 1. The summed E-state index contributed by atoms with van der Waals surface area (Å²) in [6.45, 7) is 1.83. The third-order valence-corrected chi connectivity index (χ3v) is 3.94. The van der Waals surface area contributed by atoms with Crippen molar-refractivity contribution in [1.82, 2.24) is 10.2 Å². The van der Waals surface area contributed by atoms with Crippen molar-refractivity contribution in [3.63, 3.8) is 0 Å². The van der Waals surface area contributed by atoms with Crippen LogP contribution in [0.25, 0.3) is 0 Å². The molecule has 1 N–H and O–H groups in total. The van der Waals surface area contributed by atoms with Crippen LogP contribution in [0, 0.1) is 18.7 Å². The second-order valence-corrected chi connectivity index (χ2v) is 5.77. The van der Waals surface area contributed by atoms with E-state index in [0.29, 0.717) is 17.1 Å². The molecule has 0 saturated heterocycles. The first-order chi connectivity index (χ1) is 9.15. The molecule has 1 heterocycles. The Balaban J connectivity index is 1.66. The maximum Gasteiger partial charge on any atom is 0.229 e. The topological polar surface area (TPSA) is 54.9 Å². The average molecular weight is 277 g/mol. The van der Waals surface area contributed by atoms with Crippen molar-refractivity contribution < 1.29 is 9.18 Å². The van der Waals surface area contributed by atoms with Crippen LogP contribution in [0.4, 0.5) is 9.52 Å². The van der Waals surface area contributed by atoms with Crippen LogP contribution in [0.15, 0.2) is 24.3 Å². The van der Waals surface area contributed by atoms with Crippen LogP contribution in [0.3, 0.4) is 0 Å². The molecule has 1 aromatic carbocycles. The minimum atomic E-state index is -0.241. The number of amides is 1. The normalized spacial score (nSPS) is 21.2. The van der Waals surface area contributed by atoms with Crippen LogP contribution in [-0.2, 0) is 4.79 Å². The summed E-state index contributed by atoms with van der Waals surface area (Å²) in [5.74, 6) is -0.532. The lowest BCUT2D eigenvalue weighted by atomic mass is 10.1. The van der Waals surface area contributed by atoms with E-state index in [-0.39, 0.29) is 23.6 Å². The largest absolute Gasteiger partial charge is 0.300 e. The zero-order valence-corrected chi connectivity index (χ0v) is 11.1. The summed E-state index contributed by atoms with van der Waals surface area (Å²) in [6, 6.07) is 6.61. The quantitative estimate of drug-likeness (QED) is 0.938. The van der Waals surface area contributed by atoms with Gasteiger partial charge in [0, 0.05) is 5.92 Å². The van der Waals surface area contributed by atoms with Crippen molar-refractivity contribution in [3.8, 4) is 0 Å². The van der Waals surface area contributed by atoms with Gasteiger partial charge in [-0.1, -0.05) is 29.5 Å². The second-order valence-electron chi connectivity index (χ2n) is 4.59. The molecule has 2 atom stereocenters. The Morgan fingerprint density at radius 1 is 1.42 bits per heavy atom. The number of aromatic nitrogens is 2. The first-order valence-corrected chi connectivity index (χ1v) is 6.82. The van der Waals surface area contributed by atoms with Crippen molar-refractivity contribution in [2.24, 2.45) is 5.92 Å². The number of anilines is 1. The SMILES string of the molecule is Cc1nnc(NC(=O)C2CC2c2ccccc2F)s1. The first-order valence-electron chi connectivity index (χ1n) is 6.00. The molecule has 2 unspecified atom stereocenters. The standard InChI is InChI=1S/C13H12FN3OS/c1-7-16-17-13(19-7)15-12(18)10-6-9(10)8-4-2-3-5-11(8)14/h2-5,9-10H,6H2,1H3,(H,15,17,18). The smallest absolute Gasteiger partial charge is 0.229 e. The van der Waals surface area contributed by atoms with E-state index in [1.807, 2.05) is 6.92 Å². The molecule has 0 spiro atoms. The van der Waals surface area contributed by atoms with Crippen LogP contribution in [0.5, 0.6) is 0 Å². The zero-order chi connectivity index (χ0) is 13.4. The molecule has 1 aliphatic rings. The Morgan fingerprint density at radius 2 is 2.21 bits per heavy atom. The highest BCUT2D eigenvalue weighted by Gasteiger charge is 2.45. The number of benzene rings is 1. The molecule has 2 aromatic rings. The summed E-state index contributed by atoms with van der Waals surface area (Å²) < 4.78 is 13.6. The van der Waals surface area contributed by atoms with Crippen molar-refractivity contribution in [2.75, 3.05) is 5.32 Å². The summed E-state index contributed by atoms with van der Waals surface area (Å²) in [5, 5.41) is 11.7. The molecule has 98 valence electrons. The Kier molecular flexibility index (Phi) is 3.02.